The van der Waals surface area contributed by atoms with Crippen LogP contribution in [-0.4, -0.2) is 0 Å². The zero-order valence-electron chi connectivity index (χ0n) is 15.7. The minimum Gasteiger partial charge on any atom is -0.0654 e. The Bertz CT molecular complexity index is 303. The van der Waals surface area contributed by atoms with E-state index in [1.54, 1.807) is 57.8 Å². The highest BCUT2D eigenvalue weighted by Gasteiger charge is 2.61. The Morgan fingerprint density at radius 2 is 0.909 bits per heavy atom. The first-order valence-electron chi connectivity index (χ1n) is 10.6. The molecule has 0 nitrogen and oxygen atoms in total. The van der Waals surface area contributed by atoms with Gasteiger partial charge in [-0.3, -0.25) is 0 Å². The van der Waals surface area contributed by atoms with Gasteiger partial charge in [-0.25, -0.2) is 0 Å². The van der Waals surface area contributed by atoms with Crippen molar-refractivity contribution in [1.29, 1.82) is 0 Å². The Kier molecular flexibility index (Phi) is 4.96. The van der Waals surface area contributed by atoms with Crippen molar-refractivity contribution in [3.8, 4) is 0 Å². The van der Waals surface area contributed by atoms with Crippen LogP contribution in [0.5, 0.6) is 0 Å². The van der Waals surface area contributed by atoms with Crippen LogP contribution in [0.3, 0.4) is 0 Å². The average Bonchev–Trinajstić information content (AvgIpc) is 2.48. The fourth-order valence-electron chi connectivity index (χ4n) is 7.55. The Morgan fingerprint density at radius 1 is 0.591 bits per heavy atom. The zero-order valence-corrected chi connectivity index (χ0v) is 15.7. The van der Waals surface area contributed by atoms with Gasteiger partial charge in [-0.1, -0.05) is 59.3 Å². The quantitative estimate of drug-likeness (QED) is 0.413. The van der Waals surface area contributed by atoms with Crippen LogP contribution >= 0.6 is 0 Å². The first-order valence-corrected chi connectivity index (χ1v) is 10.6. The lowest BCUT2D eigenvalue weighted by Gasteiger charge is -2.67. The van der Waals surface area contributed by atoms with Gasteiger partial charge in [-0.15, -0.1) is 0 Å². The molecule has 0 spiro atoms. The molecule has 0 unspecified atom stereocenters. The third-order valence-corrected chi connectivity index (χ3v) is 7.60. The van der Waals surface area contributed by atoms with Crippen molar-refractivity contribution >= 4 is 0 Å². The summed E-state index contributed by atoms with van der Waals surface area (Å²) in [5.74, 6) is 1.10. The van der Waals surface area contributed by atoms with Crippen LogP contribution in [0, 0.1) is 22.2 Å². The second kappa shape index (κ2) is 6.48. The molecule has 4 aliphatic rings. The summed E-state index contributed by atoms with van der Waals surface area (Å²) < 4.78 is 0. The van der Waals surface area contributed by atoms with Crippen LogP contribution in [0.4, 0.5) is 0 Å². The Hall–Kier alpha value is 0. The maximum Gasteiger partial charge on any atom is -0.0284 e. The summed E-state index contributed by atoms with van der Waals surface area (Å²) in [5, 5.41) is 0. The van der Waals surface area contributed by atoms with Gasteiger partial charge >= 0.3 is 0 Å². The molecule has 4 saturated carbocycles. The summed E-state index contributed by atoms with van der Waals surface area (Å²) in [7, 11) is 0. The molecule has 0 saturated heterocycles. The highest BCUT2D eigenvalue weighted by atomic mass is 14.7. The summed E-state index contributed by atoms with van der Waals surface area (Å²) in [6.07, 6.45) is 23.0. The number of rotatable bonds is 9. The smallest absolute Gasteiger partial charge is 0.0284 e. The van der Waals surface area contributed by atoms with Crippen molar-refractivity contribution in [2.24, 2.45) is 22.2 Å². The summed E-state index contributed by atoms with van der Waals surface area (Å²) in [6, 6.07) is 0. The van der Waals surface area contributed by atoms with E-state index < -0.39 is 0 Å². The number of hydrogen-bond donors (Lipinski definition) is 0. The van der Waals surface area contributed by atoms with Crippen LogP contribution < -0.4 is 0 Å². The van der Waals surface area contributed by atoms with Crippen molar-refractivity contribution < 1.29 is 0 Å². The second-order valence-electron chi connectivity index (χ2n) is 9.82. The molecular weight excluding hydrogens is 264 g/mol. The van der Waals surface area contributed by atoms with Crippen LogP contribution in [0.1, 0.15) is 117 Å². The van der Waals surface area contributed by atoms with Crippen LogP contribution in [0.25, 0.3) is 0 Å². The van der Waals surface area contributed by atoms with Gasteiger partial charge in [0, 0.05) is 0 Å². The first kappa shape index (κ1) is 16.8. The minimum atomic E-state index is 0.775. The maximum atomic E-state index is 2.39. The highest BCUT2D eigenvalue weighted by Crippen LogP contribution is 2.73. The molecule has 22 heavy (non-hydrogen) atoms. The molecule has 0 aromatic heterocycles. The van der Waals surface area contributed by atoms with Gasteiger partial charge in [0.2, 0.25) is 0 Å². The molecule has 0 amide bonds. The van der Waals surface area contributed by atoms with Crippen LogP contribution in [0.2, 0.25) is 0 Å². The predicted octanol–water partition coefficient (Wildman–Crippen LogP) is 7.51. The molecule has 0 heterocycles. The van der Waals surface area contributed by atoms with E-state index in [2.05, 4.69) is 20.8 Å². The topological polar surface area (TPSA) is 0 Å². The van der Waals surface area contributed by atoms with E-state index in [0.717, 1.165) is 22.2 Å². The normalized spacial score (nSPS) is 43.0. The summed E-state index contributed by atoms with van der Waals surface area (Å²) in [4.78, 5) is 0. The Labute approximate surface area is 139 Å². The molecule has 0 aromatic rings. The standard InChI is InChI=1S/C22H40/c1-4-7-10-20-13-19-14-21(16-20,11-8-5-2)18-22(15-19,17-20)12-9-6-3/h19H,4-18H2,1-3H3. The highest BCUT2D eigenvalue weighted by molar-refractivity contribution is 5.12. The minimum absolute atomic E-state index is 0.775. The molecule has 4 aliphatic carbocycles. The lowest BCUT2D eigenvalue weighted by atomic mass is 9.37. The van der Waals surface area contributed by atoms with Gasteiger partial charge in [-0.2, -0.15) is 0 Å². The monoisotopic (exact) mass is 304 g/mol. The zero-order chi connectivity index (χ0) is 15.7. The van der Waals surface area contributed by atoms with E-state index in [1.807, 2.05) is 0 Å². The molecule has 4 rings (SSSR count). The maximum absolute atomic E-state index is 2.39. The molecule has 0 heteroatoms. The third kappa shape index (κ3) is 3.13. The third-order valence-electron chi connectivity index (χ3n) is 7.60. The number of hydrogen-bond acceptors (Lipinski definition) is 0. The molecule has 0 aliphatic heterocycles. The molecule has 0 atom stereocenters. The van der Waals surface area contributed by atoms with Crippen molar-refractivity contribution in [3.63, 3.8) is 0 Å². The molecule has 4 bridgehead atoms. The number of unbranched alkanes of at least 4 members (excludes halogenated alkanes) is 3. The SMILES string of the molecule is CCCCC12CC3CC(CCCC)(C1)CC(CCCC)(C3)C2. The fraction of sp³-hybridized carbons (Fsp3) is 1.00. The molecule has 0 aromatic carbocycles. The van der Waals surface area contributed by atoms with E-state index in [-0.39, 0.29) is 0 Å². The van der Waals surface area contributed by atoms with Gasteiger partial charge in [0.1, 0.15) is 0 Å². The first-order chi connectivity index (χ1) is 10.6. The fourth-order valence-corrected chi connectivity index (χ4v) is 7.55. The molecule has 4 fully saturated rings. The van der Waals surface area contributed by atoms with Gasteiger partial charge in [0.15, 0.2) is 0 Å². The Balaban J connectivity index is 1.82. The van der Waals surface area contributed by atoms with Gasteiger partial charge in [0.25, 0.3) is 0 Å². The summed E-state index contributed by atoms with van der Waals surface area (Å²) in [5.41, 5.74) is 2.32. The van der Waals surface area contributed by atoms with E-state index >= 15 is 0 Å². The average molecular weight is 305 g/mol. The molecule has 0 radical (unpaired) electrons. The summed E-state index contributed by atoms with van der Waals surface area (Å²) in [6.45, 7) is 7.17. The van der Waals surface area contributed by atoms with Crippen molar-refractivity contribution in [2.75, 3.05) is 0 Å². The Morgan fingerprint density at radius 3 is 1.18 bits per heavy atom. The van der Waals surface area contributed by atoms with E-state index in [0.29, 0.717) is 0 Å². The molecular formula is C22H40. The van der Waals surface area contributed by atoms with E-state index in [9.17, 15) is 0 Å². The van der Waals surface area contributed by atoms with Crippen molar-refractivity contribution in [2.45, 2.75) is 117 Å². The van der Waals surface area contributed by atoms with Crippen LogP contribution in [-0.2, 0) is 0 Å². The van der Waals surface area contributed by atoms with Gasteiger partial charge < -0.3 is 0 Å². The van der Waals surface area contributed by atoms with Crippen molar-refractivity contribution in [1.82, 2.24) is 0 Å². The van der Waals surface area contributed by atoms with Crippen LogP contribution in [0.15, 0.2) is 0 Å². The molecule has 0 N–H and O–H groups in total. The lowest BCUT2D eigenvalue weighted by molar-refractivity contribution is -0.168. The lowest BCUT2D eigenvalue weighted by Crippen LogP contribution is -2.56. The molecule has 128 valence electrons. The van der Waals surface area contributed by atoms with Gasteiger partial charge in [-0.05, 0) is 80.0 Å². The van der Waals surface area contributed by atoms with Crippen molar-refractivity contribution in [3.05, 3.63) is 0 Å². The largest absolute Gasteiger partial charge is 0.0654 e. The van der Waals surface area contributed by atoms with E-state index in [1.165, 1.54) is 38.5 Å². The van der Waals surface area contributed by atoms with Gasteiger partial charge in [0.05, 0.1) is 0 Å². The second-order valence-corrected chi connectivity index (χ2v) is 9.82. The van der Waals surface area contributed by atoms with E-state index in [4.69, 9.17) is 0 Å². The predicted molar refractivity (Wildman–Crippen MR) is 97.1 cm³/mol. The summed E-state index contributed by atoms with van der Waals surface area (Å²) >= 11 is 0.